The molecule has 5 nitrogen and oxygen atoms in total. The van der Waals surface area contributed by atoms with Gasteiger partial charge in [0.1, 0.15) is 0 Å². The highest BCUT2D eigenvalue weighted by atomic mass is 32.1. The van der Waals surface area contributed by atoms with Crippen molar-refractivity contribution in [2.24, 2.45) is 5.10 Å². The van der Waals surface area contributed by atoms with Crippen LogP contribution >= 0.6 is 12.2 Å². The Morgan fingerprint density at radius 2 is 1.91 bits per heavy atom. The first kappa shape index (κ1) is 16.8. The molecule has 0 aliphatic rings. The van der Waals surface area contributed by atoms with E-state index < -0.39 is 0 Å². The lowest BCUT2D eigenvalue weighted by Gasteiger charge is -2.12. The maximum Gasteiger partial charge on any atom is 0.191 e. The van der Waals surface area contributed by atoms with E-state index in [2.05, 4.69) is 15.8 Å². The lowest BCUT2D eigenvalue weighted by Crippen LogP contribution is -2.24. The molecule has 0 bridgehead atoms. The van der Waals surface area contributed by atoms with Crippen LogP contribution < -0.4 is 15.5 Å². The molecule has 0 heterocycles. The smallest absolute Gasteiger partial charge is 0.191 e. The molecule has 0 spiro atoms. The Bertz CT molecular complexity index is 724. The van der Waals surface area contributed by atoms with E-state index in [1.807, 2.05) is 32.0 Å². The minimum atomic E-state index is 0.0878. The van der Waals surface area contributed by atoms with E-state index in [9.17, 15) is 5.11 Å². The van der Waals surface area contributed by atoms with Crippen LogP contribution in [0.25, 0.3) is 0 Å². The van der Waals surface area contributed by atoms with Crippen molar-refractivity contribution in [1.29, 1.82) is 0 Å². The minimum absolute atomic E-state index is 0.0878. The van der Waals surface area contributed by atoms with Crippen molar-refractivity contribution < 1.29 is 9.84 Å². The largest absolute Gasteiger partial charge is 0.504 e. The van der Waals surface area contributed by atoms with Crippen molar-refractivity contribution in [1.82, 2.24) is 5.43 Å². The molecule has 2 rings (SSSR count). The highest BCUT2D eigenvalue weighted by Crippen LogP contribution is 2.25. The van der Waals surface area contributed by atoms with Crippen molar-refractivity contribution in [3.63, 3.8) is 0 Å². The van der Waals surface area contributed by atoms with Gasteiger partial charge < -0.3 is 15.2 Å². The predicted molar refractivity (Wildman–Crippen MR) is 97.5 cm³/mol. The zero-order valence-electron chi connectivity index (χ0n) is 13.3. The summed E-state index contributed by atoms with van der Waals surface area (Å²) in [7, 11) is 1.50. The number of phenols is 1. The molecule has 0 aromatic heterocycles. The Hall–Kier alpha value is -2.60. The summed E-state index contributed by atoms with van der Waals surface area (Å²) in [4.78, 5) is 0. The summed E-state index contributed by atoms with van der Waals surface area (Å²) < 4.78 is 5.05. The van der Waals surface area contributed by atoms with Crippen LogP contribution in [0, 0.1) is 13.8 Å². The second kappa shape index (κ2) is 7.60. The molecule has 120 valence electrons. The average Bonchev–Trinajstić information content (AvgIpc) is 2.52. The number of aromatic hydroxyl groups is 1. The Balaban J connectivity index is 1.99. The SMILES string of the molecule is COc1cc(C=NNC(=S)Nc2c(C)cccc2C)ccc1O. The van der Waals surface area contributed by atoms with Crippen molar-refractivity contribution >= 4 is 29.2 Å². The number of nitrogens with one attached hydrogen (secondary N) is 2. The number of ether oxygens (including phenoxy) is 1. The van der Waals surface area contributed by atoms with Gasteiger partial charge in [-0.15, -0.1) is 0 Å². The molecule has 0 fully saturated rings. The van der Waals surface area contributed by atoms with Gasteiger partial charge in [-0.1, -0.05) is 18.2 Å². The van der Waals surface area contributed by atoms with Crippen LogP contribution in [0.2, 0.25) is 0 Å². The summed E-state index contributed by atoms with van der Waals surface area (Å²) in [5, 5.41) is 17.2. The van der Waals surface area contributed by atoms with Crippen LogP contribution in [0.5, 0.6) is 11.5 Å². The van der Waals surface area contributed by atoms with Crippen molar-refractivity contribution in [2.45, 2.75) is 13.8 Å². The van der Waals surface area contributed by atoms with Gasteiger partial charge in [0.15, 0.2) is 16.6 Å². The van der Waals surface area contributed by atoms with Crippen LogP contribution in [0.1, 0.15) is 16.7 Å². The molecular weight excluding hydrogens is 310 g/mol. The molecule has 0 atom stereocenters. The monoisotopic (exact) mass is 329 g/mol. The quantitative estimate of drug-likeness (QED) is 0.456. The standard InChI is InChI=1S/C17H19N3O2S/c1-11-5-4-6-12(2)16(11)19-17(23)20-18-10-13-7-8-14(21)15(9-13)22-3/h4-10,21H,1-3H3,(H2,19,20,23). The number of hydrogen-bond donors (Lipinski definition) is 3. The molecule has 0 aliphatic carbocycles. The zero-order chi connectivity index (χ0) is 16.8. The second-order valence-electron chi connectivity index (χ2n) is 5.02. The van der Waals surface area contributed by atoms with Gasteiger partial charge in [0, 0.05) is 5.69 Å². The third kappa shape index (κ3) is 4.43. The van der Waals surface area contributed by atoms with Gasteiger partial charge >= 0.3 is 0 Å². The van der Waals surface area contributed by atoms with Crippen LogP contribution in [0.3, 0.4) is 0 Å². The molecule has 0 saturated heterocycles. The number of nitrogens with zero attached hydrogens (tertiary/aromatic N) is 1. The molecule has 0 amide bonds. The van der Waals surface area contributed by atoms with Crippen LogP contribution in [0.15, 0.2) is 41.5 Å². The molecular formula is C17H19N3O2S. The molecule has 3 N–H and O–H groups in total. The van der Waals surface area contributed by atoms with Crippen molar-refractivity contribution in [3.8, 4) is 11.5 Å². The summed E-state index contributed by atoms with van der Waals surface area (Å²) in [5.74, 6) is 0.481. The molecule has 0 aliphatic heterocycles. The van der Waals surface area contributed by atoms with Gasteiger partial charge in [-0.2, -0.15) is 5.10 Å². The number of hydrazone groups is 1. The molecule has 23 heavy (non-hydrogen) atoms. The maximum absolute atomic E-state index is 9.55. The zero-order valence-corrected chi connectivity index (χ0v) is 14.1. The van der Waals surface area contributed by atoms with Gasteiger partial charge in [-0.25, -0.2) is 0 Å². The van der Waals surface area contributed by atoms with E-state index in [1.165, 1.54) is 7.11 Å². The molecule has 0 radical (unpaired) electrons. The van der Waals surface area contributed by atoms with Crippen LogP contribution in [0.4, 0.5) is 5.69 Å². The summed E-state index contributed by atoms with van der Waals surface area (Å²) in [6.45, 7) is 4.04. The first-order valence-electron chi connectivity index (χ1n) is 7.04. The number of hydrogen-bond acceptors (Lipinski definition) is 4. The van der Waals surface area contributed by atoms with E-state index in [0.717, 1.165) is 22.4 Å². The van der Waals surface area contributed by atoms with E-state index in [1.54, 1.807) is 24.4 Å². The van der Waals surface area contributed by atoms with E-state index in [4.69, 9.17) is 17.0 Å². The minimum Gasteiger partial charge on any atom is -0.504 e. The fraction of sp³-hybridized carbons (Fsp3) is 0.176. The molecule has 2 aromatic rings. The van der Waals surface area contributed by atoms with Crippen molar-refractivity contribution in [3.05, 3.63) is 53.1 Å². The number of para-hydroxylation sites is 1. The fourth-order valence-electron chi connectivity index (χ4n) is 2.09. The number of anilines is 1. The van der Waals surface area contributed by atoms with Crippen molar-refractivity contribution in [2.75, 3.05) is 12.4 Å². The highest BCUT2D eigenvalue weighted by Gasteiger charge is 2.04. The Morgan fingerprint density at radius 3 is 2.57 bits per heavy atom. The summed E-state index contributed by atoms with van der Waals surface area (Å²) >= 11 is 5.24. The predicted octanol–water partition coefficient (Wildman–Crippen LogP) is 3.34. The lowest BCUT2D eigenvalue weighted by atomic mass is 10.1. The summed E-state index contributed by atoms with van der Waals surface area (Å²) in [5.41, 5.74) is 6.76. The molecule has 2 aromatic carbocycles. The first-order chi connectivity index (χ1) is 11.0. The summed E-state index contributed by atoms with van der Waals surface area (Å²) in [6, 6.07) is 11.0. The third-order valence-corrected chi connectivity index (χ3v) is 3.50. The topological polar surface area (TPSA) is 65.9 Å². The molecule has 0 unspecified atom stereocenters. The number of benzene rings is 2. The highest BCUT2D eigenvalue weighted by molar-refractivity contribution is 7.80. The van der Waals surface area contributed by atoms with Gasteiger partial charge in [0.2, 0.25) is 0 Å². The third-order valence-electron chi connectivity index (χ3n) is 3.30. The number of rotatable bonds is 4. The number of phenolic OH excluding ortho intramolecular Hbond substituents is 1. The average molecular weight is 329 g/mol. The molecule has 0 saturated carbocycles. The molecule has 6 heteroatoms. The van der Waals surface area contributed by atoms with Gasteiger partial charge in [0.05, 0.1) is 13.3 Å². The van der Waals surface area contributed by atoms with Gasteiger partial charge in [-0.05, 0) is 61.0 Å². The maximum atomic E-state index is 9.55. The lowest BCUT2D eigenvalue weighted by molar-refractivity contribution is 0.373. The Kier molecular flexibility index (Phi) is 5.54. The fourth-order valence-corrected chi connectivity index (χ4v) is 2.25. The van der Waals surface area contributed by atoms with Gasteiger partial charge in [-0.3, -0.25) is 5.43 Å². The van der Waals surface area contributed by atoms with E-state index in [-0.39, 0.29) is 5.75 Å². The normalized spacial score (nSPS) is 10.6. The van der Waals surface area contributed by atoms with E-state index >= 15 is 0 Å². The number of thiocarbonyl (C=S) groups is 1. The van der Waals surface area contributed by atoms with Crippen LogP contribution in [-0.4, -0.2) is 23.5 Å². The Labute approximate surface area is 141 Å². The first-order valence-corrected chi connectivity index (χ1v) is 7.45. The number of methoxy groups -OCH3 is 1. The Morgan fingerprint density at radius 1 is 1.22 bits per heavy atom. The van der Waals surface area contributed by atoms with Gasteiger partial charge in [0.25, 0.3) is 0 Å². The number of aryl methyl sites for hydroxylation is 2. The van der Waals surface area contributed by atoms with Crippen LogP contribution in [-0.2, 0) is 0 Å². The van der Waals surface area contributed by atoms with E-state index in [0.29, 0.717) is 10.9 Å². The second-order valence-corrected chi connectivity index (χ2v) is 5.43. The summed E-state index contributed by atoms with van der Waals surface area (Å²) in [6.07, 6.45) is 1.60.